The van der Waals surface area contributed by atoms with E-state index in [9.17, 15) is 14.8 Å². The number of nitrogens with two attached hydrogens (primary N) is 1. The van der Waals surface area contributed by atoms with Crippen molar-refractivity contribution in [3.05, 3.63) is 44.3 Å². The number of anilines is 1. The molecule has 1 aliphatic rings. The molecule has 12 heteroatoms. The van der Waals surface area contributed by atoms with Crippen LogP contribution in [0.15, 0.2) is 28.8 Å². The van der Waals surface area contributed by atoms with Crippen molar-refractivity contribution in [2.75, 3.05) is 12.4 Å². The first-order valence-electron chi connectivity index (χ1n) is 11.4. The number of esters is 1. The number of methoxy groups -OCH3 is 1. The molecule has 1 atom stereocenters. The van der Waals surface area contributed by atoms with Gasteiger partial charge in [-0.05, 0) is 24.8 Å². The minimum absolute atomic E-state index is 0.00875. The molecule has 1 aromatic heterocycles. The van der Waals surface area contributed by atoms with Gasteiger partial charge in [0.1, 0.15) is 11.8 Å². The van der Waals surface area contributed by atoms with Crippen LogP contribution in [0.1, 0.15) is 45.1 Å². The monoisotopic (exact) mass is 524 g/mol. The number of carbonyl (C=O) groups is 2. The number of halogens is 1. The number of benzene rings is 1. The number of thiazole rings is 1. The van der Waals surface area contributed by atoms with E-state index < -0.39 is 12.0 Å². The summed E-state index contributed by atoms with van der Waals surface area (Å²) < 4.78 is 12.2. The molecule has 192 valence electrons. The van der Waals surface area contributed by atoms with Gasteiger partial charge in [0.2, 0.25) is 10.7 Å². The van der Waals surface area contributed by atoms with Crippen LogP contribution in [0, 0.1) is 17.0 Å². The minimum Gasteiger partial charge on any atom is -0.741 e. The van der Waals surface area contributed by atoms with Gasteiger partial charge in [-0.1, -0.05) is 38.3 Å². The van der Waals surface area contributed by atoms with Crippen molar-refractivity contribution < 1.29 is 19.1 Å². The van der Waals surface area contributed by atoms with Crippen LogP contribution in [0.2, 0.25) is 5.02 Å². The van der Waals surface area contributed by atoms with Crippen LogP contribution < -0.4 is 20.6 Å². The van der Waals surface area contributed by atoms with E-state index in [1.165, 1.54) is 23.0 Å². The maximum atomic E-state index is 12.6. The molecule has 0 saturated heterocycles. The van der Waals surface area contributed by atoms with Gasteiger partial charge >= 0.3 is 5.97 Å². The van der Waals surface area contributed by atoms with Crippen LogP contribution in [-0.2, 0) is 27.6 Å². The topological polar surface area (TPSA) is 134 Å². The number of hydrogen-bond donors (Lipinski definition) is 2. The quantitative estimate of drug-likeness (QED) is 0.358. The van der Waals surface area contributed by atoms with Crippen LogP contribution >= 0.6 is 22.9 Å². The number of rotatable bonds is 10. The number of nitrogens with one attached hydrogen (secondary N) is 1. The lowest BCUT2D eigenvalue weighted by Gasteiger charge is -2.25. The van der Waals surface area contributed by atoms with Gasteiger partial charge in [-0.15, -0.1) is 11.3 Å². The van der Waals surface area contributed by atoms with Gasteiger partial charge in [0.05, 0.1) is 24.4 Å². The van der Waals surface area contributed by atoms with E-state index in [-0.39, 0.29) is 31.0 Å². The average Bonchev–Trinajstić information content (AvgIpc) is 3.51. The lowest BCUT2D eigenvalue weighted by molar-refractivity contribution is -0.150. The molecule has 0 spiro atoms. The summed E-state index contributed by atoms with van der Waals surface area (Å²) in [6.07, 6.45) is 5.50. The Morgan fingerprint density at radius 1 is 1.37 bits per heavy atom. The fraction of sp³-hybridized carbons (Fsp3) is 0.522. The third-order valence-electron chi connectivity index (χ3n) is 5.85. The molecule has 1 fully saturated rings. The Bertz CT molecular complexity index is 1100. The zero-order chi connectivity index (χ0) is 25.5. The number of hydroxylamine groups is 1. The van der Waals surface area contributed by atoms with Crippen molar-refractivity contribution in [3.63, 3.8) is 0 Å². The standard InChI is InChI=1S/C23H31ClN5O5S/c1-14(2)20(25)22(31)34-13-28-8-9-35-23(28)27-29(32)12-16-10-17(24)18(11-19(16)33-3)26-21(30)15-6-4-5-7-15/h8-11,14-15,20H,4-7,12-13,25H2,1-3H3,(H,26,30)/q-1/b27-23-/t20-/m0/s1. The van der Waals surface area contributed by atoms with Gasteiger partial charge in [-0.25, -0.2) is 0 Å². The average molecular weight is 525 g/mol. The summed E-state index contributed by atoms with van der Waals surface area (Å²) in [5, 5.41) is 22.1. The highest BCUT2D eigenvalue weighted by Crippen LogP contribution is 2.33. The molecule has 2 aromatic rings. The van der Waals surface area contributed by atoms with Gasteiger partial charge in [-0.2, -0.15) is 5.10 Å². The predicted molar refractivity (Wildman–Crippen MR) is 134 cm³/mol. The Morgan fingerprint density at radius 2 is 2.09 bits per heavy atom. The molecule has 0 aliphatic heterocycles. The number of hydrogen-bond acceptors (Lipinski definition) is 9. The maximum absolute atomic E-state index is 12.6. The van der Waals surface area contributed by atoms with E-state index in [2.05, 4.69) is 10.4 Å². The molecule has 1 aromatic carbocycles. The summed E-state index contributed by atoms with van der Waals surface area (Å²) >= 11 is 7.61. The summed E-state index contributed by atoms with van der Waals surface area (Å²) in [6.45, 7) is 3.41. The Kier molecular flexibility index (Phi) is 9.55. The summed E-state index contributed by atoms with van der Waals surface area (Å²) in [4.78, 5) is 24.8. The van der Waals surface area contributed by atoms with Gasteiger partial charge in [0, 0.05) is 29.1 Å². The summed E-state index contributed by atoms with van der Waals surface area (Å²) in [5.41, 5.74) is 6.75. The van der Waals surface area contributed by atoms with E-state index in [0.29, 0.717) is 32.0 Å². The fourth-order valence-electron chi connectivity index (χ4n) is 3.68. The Balaban J connectivity index is 1.69. The molecule has 3 N–H and O–H groups in total. The normalized spacial score (nSPS) is 15.3. The van der Waals surface area contributed by atoms with Gasteiger partial charge in [-0.3, -0.25) is 14.2 Å². The van der Waals surface area contributed by atoms with E-state index in [1.807, 2.05) is 13.8 Å². The van der Waals surface area contributed by atoms with Crippen molar-refractivity contribution >= 4 is 40.5 Å². The molecule has 1 saturated carbocycles. The van der Waals surface area contributed by atoms with Crippen LogP contribution in [0.25, 0.3) is 0 Å². The van der Waals surface area contributed by atoms with E-state index in [1.54, 1.807) is 23.7 Å². The molecule has 3 rings (SSSR count). The lowest BCUT2D eigenvalue weighted by atomic mass is 10.1. The molecule has 0 bridgehead atoms. The zero-order valence-electron chi connectivity index (χ0n) is 20.0. The molecule has 0 unspecified atom stereocenters. The third kappa shape index (κ3) is 7.20. The van der Waals surface area contributed by atoms with Crippen LogP contribution in [-0.4, -0.2) is 34.8 Å². The number of carbonyl (C=O) groups excluding carboxylic acids is 2. The van der Waals surface area contributed by atoms with Crippen molar-refractivity contribution in [2.24, 2.45) is 22.7 Å². The summed E-state index contributed by atoms with van der Waals surface area (Å²) in [7, 11) is 1.48. The van der Waals surface area contributed by atoms with Crippen LogP contribution in [0.3, 0.4) is 0 Å². The number of nitrogens with zero attached hydrogens (tertiary/aromatic N) is 3. The van der Waals surface area contributed by atoms with Gasteiger partial charge < -0.3 is 30.9 Å². The van der Waals surface area contributed by atoms with Gasteiger partial charge in [0.15, 0.2) is 6.73 Å². The van der Waals surface area contributed by atoms with Gasteiger partial charge in [0.25, 0.3) is 0 Å². The molecule has 35 heavy (non-hydrogen) atoms. The molecule has 10 nitrogen and oxygen atoms in total. The minimum atomic E-state index is -0.728. The molecule has 0 radical (unpaired) electrons. The molecule has 1 heterocycles. The predicted octanol–water partition coefficient (Wildman–Crippen LogP) is 3.64. The first-order valence-corrected chi connectivity index (χ1v) is 12.7. The molecular formula is C23H31ClN5O5S-. The molecule has 1 aliphatic carbocycles. The molecule has 1 amide bonds. The Morgan fingerprint density at radius 3 is 2.74 bits per heavy atom. The largest absolute Gasteiger partial charge is 0.741 e. The number of ether oxygens (including phenoxy) is 2. The van der Waals surface area contributed by atoms with Crippen molar-refractivity contribution in [2.45, 2.75) is 58.8 Å². The first kappa shape index (κ1) is 27.0. The third-order valence-corrected chi connectivity index (χ3v) is 6.95. The van der Waals surface area contributed by atoms with Crippen molar-refractivity contribution in [1.82, 2.24) is 9.74 Å². The first-order chi connectivity index (χ1) is 16.7. The number of amides is 1. The SMILES string of the molecule is COc1cc(NC(=O)C2CCCC2)c(Cl)cc1CN([O-])/N=c1\sccn1COC(=O)[C@@H](N)C(C)C. The van der Waals surface area contributed by atoms with Crippen LogP contribution in [0.4, 0.5) is 5.69 Å². The van der Waals surface area contributed by atoms with Crippen LogP contribution in [0.5, 0.6) is 5.75 Å². The number of aromatic nitrogens is 1. The highest BCUT2D eigenvalue weighted by molar-refractivity contribution is 7.07. The second kappa shape index (κ2) is 12.4. The second-order valence-corrected chi connectivity index (χ2v) is 10.0. The second-order valence-electron chi connectivity index (χ2n) is 8.74. The lowest BCUT2D eigenvalue weighted by Crippen LogP contribution is -2.37. The van der Waals surface area contributed by atoms with E-state index in [4.69, 9.17) is 26.8 Å². The van der Waals surface area contributed by atoms with Crippen molar-refractivity contribution in [1.29, 1.82) is 0 Å². The highest BCUT2D eigenvalue weighted by Gasteiger charge is 2.24. The van der Waals surface area contributed by atoms with E-state index >= 15 is 0 Å². The summed E-state index contributed by atoms with van der Waals surface area (Å²) in [5.74, 6) is -0.242. The Labute approximate surface area is 213 Å². The highest BCUT2D eigenvalue weighted by atomic mass is 35.5. The maximum Gasteiger partial charge on any atom is 0.324 e. The fourth-order valence-corrected chi connectivity index (χ4v) is 4.63. The molecular weight excluding hydrogens is 494 g/mol. The Hall–Kier alpha value is -2.60. The van der Waals surface area contributed by atoms with E-state index in [0.717, 1.165) is 25.7 Å². The zero-order valence-corrected chi connectivity index (χ0v) is 21.6. The smallest absolute Gasteiger partial charge is 0.324 e. The summed E-state index contributed by atoms with van der Waals surface area (Å²) in [6, 6.07) is 2.47. The van der Waals surface area contributed by atoms with Crippen molar-refractivity contribution in [3.8, 4) is 5.75 Å².